The predicted octanol–water partition coefficient (Wildman–Crippen LogP) is -0.971. The number of hydrogen-bond acceptors (Lipinski definition) is 3. The fourth-order valence-electron chi connectivity index (χ4n) is 0.158. The molecule has 0 aromatic rings. The minimum absolute atomic E-state index is 0.880. The van der Waals surface area contributed by atoms with Crippen molar-refractivity contribution in [1.82, 2.24) is 4.83 Å². The molecule has 0 saturated carbocycles. The van der Waals surface area contributed by atoms with Gasteiger partial charge in [0.25, 0.3) is 0 Å². The maximum absolute atomic E-state index is 10.3. The molecule has 0 bridgehead atoms. The largest absolute Gasteiger partial charge is 0.243 e. The van der Waals surface area contributed by atoms with Crippen LogP contribution in [-0.2, 0) is 9.71 Å². The Morgan fingerprint density at radius 3 is 2.25 bits per heavy atom. The van der Waals surface area contributed by atoms with Gasteiger partial charge in [-0.1, -0.05) is 4.83 Å². The molecule has 8 heavy (non-hydrogen) atoms. The van der Waals surface area contributed by atoms with E-state index < -0.39 is 14.7 Å². The Kier molecular flexibility index (Phi) is 1.80. The van der Waals surface area contributed by atoms with Crippen molar-refractivity contribution in [3.63, 3.8) is 0 Å². The van der Waals surface area contributed by atoms with Gasteiger partial charge in [-0.15, -0.1) is 0 Å². The highest BCUT2D eigenvalue weighted by Crippen LogP contribution is 1.69. The highest BCUT2D eigenvalue weighted by atomic mass is 32.2. The SMILES string of the molecule is C=S(C)(=O)N[N+](=O)[O-]. The van der Waals surface area contributed by atoms with Crippen molar-refractivity contribution >= 4 is 15.6 Å². The summed E-state index contributed by atoms with van der Waals surface area (Å²) in [6.45, 7) is 0. The molecule has 0 aromatic carbocycles. The second-order valence-corrected chi connectivity index (χ2v) is 3.55. The zero-order valence-corrected chi connectivity index (χ0v) is 5.10. The van der Waals surface area contributed by atoms with E-state index in [1.807, 2.05) is 0 Å². The fourth-order valence-corrected chi connectivity index (χ4v) is 0.473. The van der Waals surface area contributed by atoms with Crippen molar-refractivity contribution < 1.29 is 9.24 Å². The minimum atomic E-state index is -2.67. The van der Waals surface area contributed by atoms with E-state index in [9.17, 15) is 14.3 Å². The van der Waals surface area contributed by atoms with E-state index in [0.717, 1.165) is 6.26 Å². The van der Waals surface area contributed by atoms with E-state index in [0.29, 0.717) is 0 Å². The maximum Gasteiger partial charge on any atom is 0.170 e. The van der Waals surface area contributed by atoms with Crippen LogP contribution < -0.4 is 4.83 Å². The van der Waals surface area contributed by atoms with Crippen LogP contribution in [-0.4, -0.2) is 21.4 Å². The highest BCUT2D eigenvalue weighted by Gasteiger charge is 1.97. The molecule has 0 heterocycles. The molecule has 5 nitrogen and oxygen atoms in total. The summed E-state index contributed by atoms with van der Waals surface area (Å²) in [6, 6.07) is 0. The number of rotatable bonds is 2. The molecule has 0 aromatic heterocycles. The van der Waals surface area contributed by atoms with Gasteiger partial charge in [0.15, 0.2) is 5.03 Å². The van der Waals surface area contributed by atoms with Crippen molar-refractivity contribution in [3.05, 3.63) is 10.1 Å². The van der Waals surface area contributed by atoms with Crippen LogP contribution >= 0.6 is 0 Å². The van der Waals surface area contributed by atoms with Gasteiger partial charge in [0.05, 0.1) is 9.71 Å². The first-order valence-corrected chi connectivity index (χ1v) is 3.79. The molecule has 0 saturated heterocycles. The number of nitrogens with zero attached hydrogens (tertiary/aromatic N) is 1. The van der Waals surface area contributed by atoms with E-state index >= 15 is 0 Å². The number of hydrazine groups is 1. The smallest absolute Gasteiger partial charge is 0.170 e. The Morgan fingerprint density at radius 1 is 1.88 bits per heavy atom. The van der Waals surface area contributed by atoms with Gasteiger partial charge in [-0.05, 0) is 5.87 Å². The maximum atomic E-state index is 10.3. The quantitative estimate of drug-likeness (QED) is 0.303. The normalized spacial score (nSPS) is 16.6. The van der Waals surface area contributed by atoms with E-state index in [2.05, 4.69) is 5.87 Å². The standard InChI is InChI=1S/C2H6N2O3S/c1-8(2,7)3-4(5)6/h1H2,2H3,(H,3,7). The molecule has 0 aliphatic carbocycles. The lowest BCUT2D eigenvalue weighted by atomic mass is 11.9. The summed E-state index contributed by atoms with van der Waals surface area (Å²) < 4.78 is 10.3. The molecular formula is C2H6N2O3S. The molecule has 1 atom stereocenters. The molecule has 48 valence electrons. The van der Waals surface area contributed by atoms with Gasteiger partial charge in [-0.2, -0.15) is 0 Å². The average Bonchev–Trinajstić information content (AvgIpc) is 1.21. The van der Waals surface area contributed by atoms with Gasteiger partial charge < -0.3 is 0 Å². The summed E-state index contributed by atoms with van der Waals surface area (Å²) in [5, 5.41) is 8.61. The van der Waals surface area contributed by atoms with Crippen molar-refractivity contribution in [2.75, 3.05) is 6.26 Å². The monoisotopic (exact) mass is 138 g/mol. The van der Waals surface area contributed by atoms with E-state index in [1.54, 1.807) is 0 Å². The van der Waals surface area contributed by atoms with Gasteiger partial charge in [0.2, 0.25) is 0 Å². The predicted molar refractivity (Wildman–Crippen MR) is 31.3 cm³/mol. The molecule has 0 rings (SSSR count). The van der Waals surface area contributed by atoms with E-state index in [1.165, 1.54) is 4.83 Å². The third-order valence-corrected chi connectivity index (χ3v) is 0.803. The zero-order chi connectivity index (χ0) is 6.78. The second-order valence-electron chi connectivity index (χ2n) is 1.35. The molecule has 0 aliphatic heterocycles. The molecule has 1 N–H and O–H groups in total. The van der Waals surface area contributed by atoms with Crippen molar-refractivity contribution in [2.45, 2.75) is 0 Å². The molecule has 0 spiro atoms. The van der Waals surface area contributed by atoms with Crippen molar-refractivity contribution in [3.8, 4) is 0 Å². The summed E-state index contributed by atoms with van der Waals surface area (Å²) in [7, 11) is -2.67. The number of hydrogen-bond donors (Lipinski definition) is 1. The third-order valence-electron chi connectivity index (χ3n) is 0.268. The lowest BCUT2D eigenvalue weighted by Gasteiger charge is -1.93. The van der Waals surface area contributed by atoms with Gasteiger partial charge in [-0.25, -0.2) is 14.3 Å². The molecule has 0 fully saturated rings. The van der Waals surface area contributed by atoms with Crippen LogP contribution in [0.15, 0.2) is 0 Å². The Balaban J connectivity index is 3.95. The van der Waals surface area contributed by atoms with Gasteiger partial charge in [0.1, 0.15) is 0 Å². The zero-order valence-electron chi connectivity index (χ0n) is 4.29. The summed E-state index contributed by atoms with van der Waals surface area (Å²) in [5.74, 6) is 2.99. The second kappa shape index (κ2) is 1.99. The minimum Gasteiger partial charge on any atom is -0.243 e. The summed E-state index contributed by atoms with van der Waals surface area (Å²) in [6.07, 6.45) is 1.15. The van der Waals surface area contributed by atoms with Crippen molar-refractivity contribution in [1.29, 1.82) is 0 Å². The molecular weight excluding hydrogens is 132 g/mol. The summed E-state index contributed by atoms with van der Waals surface area (Å²) in [4.78, 5) is 11.0. The Bertz CT molecular complexity index is 181. The van der Waals surface area contributed by atoms with Gasteiger partial charge in [0, 0.05) is 6.26 Å². The molecule has 1 unspecified atom stereocenters. The van der Waals surface area contributed by atoms with Crippen LogP contribution in [0.3, 0.4) is 0 Å². The van der Waals surface area contributed by atoms with Crippen LogP contribution in [0.25, 0.3) is 0 Å². The Labute approximate surface area is 47.0 Å². The first kappa shape index (κ1) is 7.22. The van der Waals surface area contributed by atoms with Crippen LogP contribution in [0.4, 0.5) is 0 Å². The third kappa shape index (κ3) is 5.22. The summed E-state index contributed by atoms with van der Waals surface area (Å²) >= 11 is 0. The lowest BCUT2D eigenvalue weighted by Crippen LogP contribution is -2.27. The van der Waals surface area contributed by atoms with Crippen LogP contribution in [0, 0.1) is 10.1 Å². The molecule has 6 heteroatoms. The summed E-state index contributed by atoms with van der Waals surface area (Å²) in [5.41, 5.74) is 0. The highest BCUT2D eigenvalue weighted by molar-refractivity contribution is 7.97. The molecule has 0 amide bonds. The average molecular weight is 138 g/mol. The lowest BCUT2D eigenvalue weighted by molar-refractivity contribution is -0.517. The molecule has 0 aliphatic rings. The number of nitrogens with one attached hydrogen (secondary N) is 1. The Hall–Kier alpha value is -0.780. The topological polar surface area (TPSA) is 72.2 Å². The van der Waals surface area contributed by atoms with E-state index in [4.69, 9.17) is 0 Å². The van der Waals surface area contributed by atoms with Gasteiger partial charge in [-0.3, -0.25) is 0 Å². The van der Waals surface area contributed by atoms with Crippen LogP contribution in [0.5, 0.6) is 0 Å². The Morgan fingerprint density at radius 2 is 2.25 bits per heavy atom. The first-order chi connectivity index (χ1) is 3.42. The van der Waals surface area contributed by atoms with Crippen molar-refractivity contribution in [2.24, 2.45) is 0 Å². The van der Waals surface area contributed by atoms with Crippen LogP contribution in [0.2, 0.25) is 0 Å². The fraction of sp³-hybridized carbons (Fsp3) is 0.500. The number of nitro groups is 1. The first-order valence-electron chi connectivity index (χ1n) is 1.66. The van der Waals surface area contributed by atoms with Gasteiger partial charge >= 0.3 is 0 Å². The van der Waals surface area contributed by atoms with Crippen LogP contribution in [0.1, 0.15) is 0 Å². The van der Waals surface area contributed by atoms with E-state index in [-0.39, 0.29) is 0 Å². The molecule has 0 radical (unpaired) electrons.